The molecule has 4 N–H and O–H groups in total. The van der Waals surface area contributed by atoms with Crippen LogP contribution in [-0.4, -0.2) is 22.1 Å². The van der Waals surface area contributed by atoms with Crippen molar-refractivity contribution in [3.63, 3.8) is 0 Å². The third kappa shape index (κ3) is 3.83. The van der Waals surface area contributed by atoms with Crippen molar-refractivity contribution in [1.82, 2.24) is 9.97 Å². The van der Waals surface area contributed by atoms with Crippen LogP contribution in [0.2, 0.25) is 0 Å². The summed E-state index contributed by atoms with van der Waals surface area (Å²) in [5.74, 6) is 0.754. The monoisotopic (exact) mass is 544 g/mol. The van der Waals surface area contributed by atoms with Crippen molar-refractivity contribution < 1.29 is 0 Å². The number of halogens is 4. The molecule has 0 amide bonds. The molecule has 0 fully saturated rings. The van der Waals surface area contributed by atoms with Crippen molar-refractivity contribution in [2.45, 2.75) is 38.8 Å². The number of H-pyrrole nitrogens is 1. The van der Waals surface area contributed by atoms with Crippen LogP contribution in [0, 0.1) is 0 Å². The highest BCUT2D eigenvalue weighted by molar-refractivity contribution is 9.15. The van der Waals surface area contributed by atoms with Crippen LogP contribution in [0.1, 0.15) is 26.7 Å². The summed E-state index contributed by atoms with van der Waals surface area (Å²) in [7, 11) is 0. The standard InChI is InChI=1S/C13H16Br4N4/c1-3-6(4-5(2)18)19-13-20-11-9(16)7(14)8(15)10(17)12(11)21-13/h5-6H,3-4,18H2,1-2H3,(H2,19,20,21). The molecule has 0 radical (unpaired) electrons. The van der Waals surface area contributed by atoms with E-state index in [1.54, 1.807) is 0 Å². The minimum absolute atomic E-state index is 0.161. The Kier molecular flexibility index (Phi) is 6.15. The number of aromatic nitrogens is 2. The Hall–Kier alpha value is 0.370. The molecular weight excluding hydrogens is 532 g/mol. The van der Waals surface area contributed by atoms with Gasteiger partial charge in [0.25, 0.3) is 0 Å². The molecule has 0 aliphatic heterocycles. The van der Waals surface area contributed by atoms with E-state index in [0.29, 0.717) is 6.04 Å². The lowest BCUT2D eigenvalue weighted by molar-refractivity contribution is 0.559. The molecule has 0 spiro atoms. The molecule has 1 heterocycles. The van der Waals surface area contributed by atoms with Gasteiger partial charge in [-0.3, -0.25) is 0 Å². The number of hydrogen-bond donors (Lipinski definition) is 3. The van der Waals surface area contributed by atoms with Gasteiger partial charge in [0.2, 0.25) is 5.95 Å². The second-order valence-electron chi connectivity index (χ2n) is 5.03. The number of nitrogens with two attached hydrogens (primary N) is 1. The molecule has 0 bridgehead atoms. The van der Waals surface area contributed by atoms with Gasteiger partial charge >= 0.3 is 0 Å². The normalized spacial score (nSPS) is 14.4. The molecule has 0 aliphatic carbocycles. The van der Waals surface area contributed by atoms with Crippen LogP contribution in [0.4, 0.5) is 5.95 Å². The molecule has 2 rings (SSSR count). The SMILES string of the molecule is CCC(CC(C)N)Nc1nc2c(Br)c(Br)c(Br)c(Br)c2[nH]1. The Labute approximate surface area is 157 Å². The van der Waals surface area contributed by atoms with Crippen molar-refractivity contribution in [2.24, 2.45) is 5.73 Å². The number of hydrogen-bond acceptors (Lipinski definition) is 3. The second kappa shape index (κ2) is 7.29. The zero-order chi connectivity index (χ0) is 15.7. The van der Waals surface area contributed by atoms with E-state index >= 15 is 0 Å². The van der Waals surface area contributed by atoms with Crippen LogP contribution in [0.25, 0.3) is 11.0 Å². The number of rotatable bonds is 5. The van der Waals surface area contributed by atoms with Crippen LogP contribution in [0.15, 0.2) is 17.9 Å². The third-order valence-corrected chi connectivity index (χ3v) is 7.95. The summed E-state index contributed by atoms with van der Waals surface area (Å²) in [5, 5.41) is 3.42. The Bertz CT molecular complexity index is 608. The fraction of sp³-hybridized carbons (Fsp3) is 0.462. The lowest BCUT2D eigenvalue weighted by Crippen LogP contribution is -2.28. The van der Waals surface area contributed by atoms with Crippen LogP contribution < -0.4 is 11.1 Å². The number of aromatic amines is 1. The van der Waals surface area contributed by atoms with Crippen LogP contribution in [-0.2, 0) is 0 Å². The lowest BCUT2D eigenvalue weighted by atomic mass is 10.1. The number of anilines is 1. The summed E-state index contributed by atoms with van der Waals surface area (Å²) in [5.41, 5.74) is 7.70. The first-order valence-electron chi connectivity index (χ1n) is 6.58. The first-order valence-corrected chi connectivity index (χ1v) is 9.76. The molecule has 0 saturated heterocycles. The number of imidazole rings is 1. The Morgan fingerprint density at radius 2 is 1.76 bits per heavy atom. The largest absolute Gasteiger partial charge is 0.353 e. The van der Waals surface area contributed by atoms with Crippen molar-refractivity contribution >= 4 is 80.7 Å². The number of nitrogens with one attached hydrogen (secondary N) is 2. The number of nitrogens with zero attached hydrogens (tertiary/aromatic N) is 1. The fourth-order valence-electron chi connectivity index (χ4n) is 2.14. The molecule has 116 valence electrons. The van der Waals surface area contributed by atoms with Crippen molar-refractivity contribution in [1.29, 1.82) is 0 Å². The molecule has 2 unspecified atom stereocenters. The molecule has 1 aromatic carbocycles. The summed E-state index contributed by atoms with van der Waals surface area (Å²) in [4.78, 5) is 7.95. The zero-order valence-corrected chi connectivity index (χ0v) is 17.9. The highest BCUT2D eigenvalue weighted by atomic mass is 79.9. The smallest absolute Gasteiger partial charge is 0.201 e. The maximum atomic E-state index is 5.89. The van der Waals surface area contributed by atoms with E-state index in [9.17, 15) is 0 Å². The molecule has 21 heavy (non-hydrogen) atoms. The molecule has 2 aromatic rings. The van der Waals surface area contributed by atoms with Crippen molar-refractivity contribution in [3.05, 3.63) is 17.9 Å². The molecule has 2 atom stereocenters. The van der Waals surface area contributed by atoms with Gasteiger partial charge in [-0.05, 0) is 83.5 Å². The van der Waals surface area contributed by atoms with Gasteiger partial charge < -0.3 is 16.0 Å². The predicted octanol–water partition coefficient (Wildman–Crippen LogP) is 5.54. The Morgan fingerprint density at radius 3 is 2.33 bits per heavy atom. The highest BCUT2D eigenvalue weighted by Crippen LogP contribution is 2.42. The molecule has 1 aromatic heterocycles. The van der Waals surface area contributed by atoms with Gasteiger partial charge in [-0.2, -0.15) is 0 Å². The molecule has 4 nitrogen and oxygen atoms in total. The van der Waals surface area contributed by atoms with E-state index in [1.165, 1.54) is 0 Å². The second-order valence-corrected chi connectivity index (χ2v) is 8.20. The van der Waals surface area contributed by atoms with Gasteiger partial charge in [-0.15, -0.1) is 0 Å². The Balaban J connectivity index is 2.39. The summed E-state index contributed by atoms with van der Waals surface area (Å²) in [6.45, 7) is 4.16. The van der Waals surface area contributed by atoms with Gasteiger partial charge in [0.15, 0.2) is 0 Å². The quantitative estimate of drug-likeness (QED) is 0.340. The van der Waals surface area contributed by atoms with Crippen LogP contribution in [0.3, 0.4) is 0 Å². The van der Waals surface area contributed by atoms with Gasteiger partial charge in [0.05, 0.1) is 14.5 Å². The maximum absolute atomic E-state index is 5.89. The van der Waals surface area contributed by atoms with Crippen LogP contribution >= 0.6 is 63.7 Å². The van der Waals surface area contributed by atoms with Gasteiger partial charge in [-0.1, -0.05) is 6.92 Å². The van der Waals surface area contributed by atoms with E-state index in [0.717, 1.165) is 47.7 Å². The summed E-state index contributed by atoms with van der Waals surface area (Å²) < 4.78 is 3.73. The summed E-state index contributed by atoms with van der Waals surface area (Å²) >= 11 is 14.3. The average molecular weight is 548 g/mol. The minimum atomic E-state index is 0.161. The summed E-state index contributed by atoms with van der Waals surface area (Å²) in [6.07, 6.45) is 1.90. The topological polar surface area (TPSA) is 66.7 Å². The summed E-state index contributed by atoms with van der Waals surface area (Å²) in [6, 6.07) is 0.462. The van der Waals surface area contributed by atoms with E-state index in [1.807, 2.05) is 6.92 Å². The van der Waals surface area contributed by atoms with Crippen molar-refractivity contribution in [3.8, 4) is 0 Å². The lowest BCUT2D eigenvalue weighted by Gasteiger charge is -2.18. The van der Waals surface area contributed by atoms with Crippen LogP contribution in [0.5, 0.6) is 0 Å². The van der Waals surface area contributed by atoms with E-state index in [-0.39, 0.29) is 6.04 Å². The van der Waals surface area contributed by atoms with Gasteiger partial charge in [0, 0.05) is 21.0 Å². The average Bonchev–Trinajstić information content (AvgIpc) is 2.85. The fourth-order valence-corrected chi connectivity index (χ4v) is 4.42. The third-order valence-electron chi connectivity index (χ3n) is 3.20. The first kappa shape index (κ1) is 17.7. The van der Waals surface area contributed by atoms with Gasteiger partial charge in [-0.25, -0.2) is 4.98 Å². The zero-order valence-electron chi connectivity index (χ0n) is 11.6. The van der Waals surface area contributed by atoms with Gasteiger partial charge in [0.1, 0.15) is 5.52 Å². The first-order chi connectivity index (χ1) is 9.85. The minimum Gasteiger partial charge on any atom is -0.353 e. The number of fused-ring (bicyclic) bond motifs is 1. The predicted molar refractivity (Wildman–Crippen MR) is 103 cm³/mol. The maximum Gasteiger partial charge on any atom is 0.201 e. The highest BCUT2D eigenvalue weighted by Gasteiger charge is 2.18. The number of benzene rings is 1. The van der Waals surface area contributed by atoms with Crippen molar-refractivity contribution in [2.75, 3.05) is 5.32 Å². The van der Waals surface area contributed by atoms with E-state index in [4.69, 9.17) is 5.73 Å². The molecule has 0 aliphatic rings. The molecular formula is C13H16Br4N4. The molecule has 0 saturated carbocycles. The van der Waals surface area contributed by atoms with E-state index in [2.05, 4.69) is 85.9 Å². The Morgan fingerprint density at radius 1 is 1.14 bits per heavy atom. The molecule has 8 heteroatoms. The van der Waals surface area contributed by atoms with E-state index < -0.39 is 0 Å².